The van der Waals surface area contributed by atoms with Crippen molar-refractivity contribution in [3.63, 3.8) is 0 Å². The number of hydrogen-bond acceptors (Lipinski definition) is 5. The van der Waals surface area contributed by atoms with E-state index < -0.39 is 0 Å². The molecule has 0 unspecified atom stereocenters. The van der Waals surface area contributed by atoms with Crippen LogP contribution in [0.5, 0.6) is 11.5 Å². The largest absolute Gasteiger partial charge is 0.457 e. The molecular weight excluding hydrogens is 414 g/mol. The van der Waals surface area contributed by atoms with Crippen molar-refractivity contribution >= 4 is 22.6 Å². The fraction of sp³-hybridized carbons (Fsp3) is 0.0370. The fourth-order valence-corrected chi connectivity index (χ4v) is 3.94. The van der Waals surface area contributed by atoms with Gasteiger partial charge in [0.05, 0.1) is 29.8 Å². The number of ether oxygens (including phenoxy) is 1. The van der Waals surface area contributed by atoms with Crippen LogP contribution in [0.4, 0.5) is 0 Å². The molecule has 2 amide bonds. The van der Waals surface area contributed by atoms with E-state index in [0.717, 1.165) is 5.56 Å². The molecule has 156 valence electrons. The Morgan fingerprint density at radius 2 is 1.33 bits per heavy atom. The summed E-state index contributed by atoms with van der Waals surface area (Å²) >= 11 is 0. The number of nitrogens with zero attached hydrogens (tertiary/aromatic N) is 3. The molecule has 4 aromatic carbocycles. The molecule has 5 rings (SSSR count). The van der Waals surface area contributed by atoms with E-state index in [4.69, 9.17) is 15.3 Å². The summed E-state index contributed by atoms with van der Waals surface area (Å²) in [5.74, 6) is 0.308. The lowest BCUT2D eigenvalue weighted by molar-refractivity contribution is 0.0598. The minimum absolute atomic E-state index is 0.114. The van der Waals surface area contributed by atoms with Crippen molar-refractivity contribution in [3.05, 3.63) is 107 Å². The zero-order valence-corrected chi connectivity index (χ0v) is 17.3. The molecule has 0 spiro atoms. The second kappa shape index (κ2) is 7.96. The van der Waals surface area contributed by atoms with Gasteiger partial charge in [0, 0.05) is 21.9 Å². The van der Waals surface area contributed by atoms with Crippen molar-refractivity contribution in [2.45, 2.75) is 6.54 Å². The molecule has 0 N–H and O–H groups in total. The van der Waals surface area contributed by atoms with Gasteiger partial charge in [-0.1, -0.05) is 24.3 Å². The van der Waals surface area contributed by atoms with Crippen LogP contribution in [-0.2, 0) is 6.54 Å². The third kappa shape index (κ3) is 3.46. The number of benzene rings is 4. The number of rotatable bonds is 4. The van der Waals surface area contributed by atoms with E-state index in [9.17, 15) is 9.59 Å². The van der Waals surface area contributed by atoms with Crippen LogP contribution in [-0.4, -0.2) is 16.7 Å². The average Bonchev–Trinajstić information content (AvgIpc) is 2.86. The van der Waals surface area contributed by atoms with Crippen molar-refractivity contribution in [1.82, 2.24) is 4.90 Å². The van der Waals surface area contributed by atoms with Gasteiger partial charge in [0.15, 0.2) is 0 Å². The minimum Gasteiger partial charge on any atom is -0.457 e. The molecule has 1 aliphatic heterocycles. The second-order valence-electron chi connectivity index (χ2n) is 7.58. The Bertz CT molecular complexity index is 1490. The van der Waals surface area contributed by atoms with Crippen LogP contribution in [0.1, 0.15) is 37.4 Å². The number of amides is 2. The van der Waals surface area contributed by atoms with E-state index >= 15 is 0 Å². The van der Waals surface area contributed by atoms with Crippen LogP contribution in [0.2, 0.25) is 0 Å². The molecule has 0 bridgehead atoms. The van der Waals surface area contributed by atoms with Crippen LogP contribution in [0.15, 0.2) is 78.9 Å². The first-order chi connectivity index (χ1) is 16.1. The van der Waals surface area contributed by atoms with E-state index in [1.807, 2.05) is 6.07 Å². The summed E-state index contributed by atoms with van der Waals surface area (Å²) in [7, 11) is 0. The van der Waals surface area contributed by atoms with Gasteiger partial charge in [-0.25, -0.2) is 0 Å². The van der Waals surface area contributed by atoms with Crippen molar-refractivity contribution < 1.29 is 14.3 Å². The van der Waals surface area contributed by atoms with Gasteiger partial charge >= 0.3 is 0 Å². The zero-order chi connectivity index (χ0) is 22.9. The summed E-state index contributed by atoms with van der Waals surface area (Å²) in [5.41, 5.74) is 2.66. The molecule has 33 heavy (non-hydrogen) atoms. The van der Waals surface area contributed by atoms with E-state index in [1.54, 1.807) is 72.8 Å². The first kappa shape index (κ1) is 20.0. The molecule has 1 heterocycles. The molecule has 4 aromatic rings. The smallest absolute Gasteiger partial charge is 0.261 e. The summed E-state index contributed by atoms with van der Waals surface area (Å²) in [5, 5.41) is 19.2. The SMILES string of the molecule is N#Cc1ccc(CN2C(=O)c3cccc4c(Oc5ccc(C#N)cc5)ccc(c34)C2=O)cc1. The summed E-state index contributed by atoms with van der Waals surface area (Å²) in [4.78, 5) is 27.7. The third-order valence-electron chi connectivity index (χ3n) is 5.59. The van der Waals surface area contributed by atoms with Gasteiger partial charge in [-0.05, 0) is 60.2 Å². The van der Waals surface area contributed by atoms with Gasteiger partial charge in [-0.15, -0.1) is 0 Å². The number of carbonyl (C=O) groups is 2. The lowest BCUT2D eigenvalue weighted by Crippen LogP contribution is -2.39. The zero-order valence-electron chi connectivity index (χ0n) is 17.3. The number of carbonyl (C=O) groups excluding carboxylic acids is 2. The predicted molar refractivity (Wildman–Crippen MR) is 121 cm³/mol. The Hall–Kier alpha value is -4.94. The Kier molecular flexibility index (Phi) is 4.82. The molecule has 6 heteroatoms. The minimum atomic E-state index is -0.377. The second-order valence-corrected chi connectivity index (χ2v) is 7.58. The molecule has 1 aliphatic rings. The first-order valence-corrected chi connectivity index (χ1v) is 10.2. The van der Waals surface area contributed by atoms with Gasteiger partial charge in [-0.2, -0.15) is 10.5 Å². The maximum absolute atomic E-state index is 13.3. The Morgan fingerprint density at radius 1 is 0.727 bits per heavy atom. The van der Waals surface area contributed by atoms with Crippen LogP contribution in [0.3, 0.4) is 0 Å². The molecule has 6 nitrogen and oxygen atoms in total. The molecule has 0 saturated carbocycles. The topological polar surface area (TPSA) is 94.2 Å². The summed E-state index contributed by atoms with van der Waals surface area (Å²) in [6.45, 7) is 0.114. The summed E-state index contributed by atoms with van der Waals surface area (Å²) in [6.07, 6.45) is 0. The molecule has 0 atom stereocenters. The summed E-state index contributed by atoms with van der Waals surface area (Å²) < 4.78 is 6.01. The fourth-order valence-electron chi connectivity index (χ4n) is 3.94. The quantitative estimate of drug-likeness (QED) is 0.417. The van der Waals surface area contributed by atoms with E-state index in [1.165, 1.54) is 4.90 Å². The lowest BCUT2D eigenvalue weighted by atomic mass is 9.93. The molecule has 0 aromatic heterocycles. The van der Waals surface area contributed by atoms with E-state index in [0.29, 0.717) is 44.5 Å². The Morgan fingerprint density at radius 3 is 1.97 bits per heavy atom. The first-order valence-electron chi connectivity index (χ1n) is 10.2. The average molecular weight is 429 g/mol. The van der Waals surface area contributed by atoms with Gasteiger partial charge < -0.3 is 4.74 Å². The van der Waals surface area contributed by atoms with Crippen LogP contribution >= 0.6 is 0 Å². The molecule has 0 aliphatic carbocycles. The highest BCUT2D eigenvalue weighted by molar-refractivity contribution is 6.26. The van der Waals surface area contributed by atoms with Crippen LogP contribution < -0.4 is 4.74 Å². The maximum Gasteiger partial charge on any atom is 0.261 e. The maximum atomic E-state index is 13.3. The van der Waals surface area contributed by atoms with Gasteiger partial charge in [0.25, 0.3) is 11.8 Å². The van der Waals surface area contributed by atoms with Crippen LogP contribution in [0, 0.1) is 22.7 Å². The lowest BCUT2D eigenvalue weighted by Gasteiger charge is -2.27. The number of hydrogen-bond donors (Lipinski definition) is 0. The predicted octanol–water partition coefficient (Wildman–Crippen LogP) is 5.17. The van der Waals surface area contributed by atoms with E-state index in [2.05, 4.69) is 12.1 Å². The van der Waals surface area contributed by atoms with Gasteiger partial charge in [0.1, 0.15) is 11.5 Å². The van der Waals surface area contributed by atoms with Gasteiger partial charge in [-0.3, -0.25) is 14.5 Å². The van der Waals surface area contributed by atoms with Gasteiger partial charge in [0.2, 0.25) is 0 Å². The van der Waals surface area contributed by atoms with E-state index in [-0.39, 0.29) is 18.4 Å². The normalized spacial score (nSPS) is 12.4. The monoisotopic (exact) mass is 429 g/mol. The molecule has 0 saturated heterocycles. The van der Waals surface area contributed by atoms with Crippen molar-refractivity contribution in [1.29, 1.82) is 10.5 Å². The Balaban J connectivity index is 1.52. The number of imide groups is 1. The Labute approximate surface area is 189 Å². The highest BCUT2D eigenvalue weighted by Gasteiger charge is 2.33. The standard InChI is InChI=1S/C27H15N3O3/c28-14-17-4-6-19(7-5-17)16-30-26(31)22-3-1-2-21-24(13-12-23(25(21)22)27(30)32)33-20-10-8-18(15-29)9-11-20/h1-13H,16H2. The highest BCUT2D eigenvalue weighted by Crippen LogP contribution is 2.37. The molecule has 0 radical (unpaired) electrons. The number of nitriles is 2. The van der Waals surface area contributed by atoms with Crippen LogP contribution in [0.25, 0.3) is 10.8 Å². The van der Waals surface area contributed by atoms with Crippen molar-refractivity contribution in [3.8, 4) is 23.6 Å². The summed E-state index contributed by atoms with van der Waals surface area (Å²) in [6, 6.07) is 26.3. The van der Waals surface area contributed by atoms with Crippen molar-refractivity contribution in [2.24, 2.45) is 0 Å². The molecular formula is C27H15N3O3. The third-order valence-corrected chi connectivity index (χ3v) is 5.59. The van der Waals surface area contributed by atoms with Crippen molar-refractivity contribution in [2.75, 3.05) is 0 Å². The highest BCUT2D eigenvalue weighted by atomic mass is 16.5. The molecule has 0 fully saturated rings.